The molecule has 2 aromatic rings. The predicted octanol–water partition coefficient (Wildman–Crippen LogP) is 7.79. The molecule has 2 aliphatic carbocycles. The molecule has 0 aliphatic heterocycles. The lowest BCUT2D eigenvalue weighted by molar-refractivity contribution is -0.136. The van der Waals surface area contributed by atoms with Gasteiger partial charge < -0.3 is 15.2 Å². The standard InChI is InChI=1S/C30H42N2O4S2/c33-27(32-30-31-20-29(38-30)37-18-17-28(34)35)16-13-25(19-22-7-3-1-4-8-22)24-11-14-26(15-12-24)36-21-23-9-5-2-6-10-23/h2,5-6,9-10,20,22,24-26H,1,3-4,7-8,11-19,21H2,(H,34,35)(H,31,32,33). The molecule has 2 fully saturated rings. The SMILES string of the molecule is O=C(O)CCSc1cnc(NC(=O)CCC(CC2CCCCC2)C2CCC(OCc3ccccc3)CC2)s1. The Bertz CT molecular complexity index is 985. The second-order valence-electron chi connectivity index (χ2n) is 10.9. The van der Waals surface area contributed by atoms with E-state index in [1.54, 1.807) is 6.20 Å². The molecule has 0 bridgehead atoms. The minimum Gasteiger partial charge on any atom is -0.481 e. The number of hydrogen-bond acceptors (Lipinski definition) is 6. The number of aliphatic carboxylic acids is 1. The van der Waals surface area contributed by atoms with Crippen molar-refractivity contribution in [2.24, 2.45) is 17.8 Å². The number of benzene rings is 1. The van der Waals surface area contributed by atoms with E-state index < -0.39 is 5.97 Å². The molecule has 2 saturated carbocycles. The van der Waals surface area contributed by atoms with E-state index in [1.807, 2.05) is 6.07 Å². The molecule has 4 rings (SSSR count). The van der Waals surface area contributed by atoms with Crippen LogP contribution in [0.25, 0.3) is 0 Å². The summed E-state index contributed by atoms with van der Waals surface area (Å²) in [5.74, 6) is 1.83. The third kappa shape index (κ3) is 10.0. The zero-order valence-corrected chi connectivity index (χ0v) is 23.9. The Morgan fingerprint density at radius 2 is 1.82 bits per heavy atom. The van der Waals surface area contributed by atoms with Gasteiger partial charge in [0.1, 0.15) is 0 Å². The molecule has 1 aromatic carbocycles. The first-order valence-electron chi connectivity index (χ1n) is 14.3. The van der Waals surface area contributed by atoms with Crippen LogP contribution < -0.4 is 5.32 Å². The lowest BCUT2D eigenvalue weighted by Gasteiger charge is -2.36. The molecule has 0 spiro atoms. The van der Waals surface area contributed by atoms with Crippen molar-refractivity contribution < 1.29 is 19.4 Å². The number of nitrogens with one attached hydrogen (secondary N) is 1. The molecular weight excluding hydrogens is 516 g/mol. The quantitative estimate of drug-likeness (QED) is 0.230. The summed E-state index contributed by atoms with van der Waals surface area (Å²) < 4.78 is 7.18. The van der Waals surface area contributed by atoms with E-state index in [1.165, 1.54) is 80.0 Å². The Hall–Kier alpha value is -1.90. The number of ether oxygens (including phenoxy) is 1. The number of rotatable bonds is 14. The average molecular weight is 559 g/mol. The molecular formula is C30H42N2O4S2. The predicted molar refractivity (Wildman–Crippen MR) is 155 cm³/mol. The average Bonchev–Trinajstić information content (AvgIpc) is 3.38. The van der Waals surface area contributed by atoms with Crippen LogP contribution in [0.1, 0.15) is 89.0 Å². The van der Waals surface area contributed by atoms with Gasteiger partial charge in [-0.2, -0.15) is 0 Å². The van der Waals surface area contributed by atoms with Gasteiger partial charge in [0, 0.05) is 12.2 Å². The number of hydrogen-bond donors (Lipinski definition) is 2. The number of thioether (sulfide) groups is 1. The highest BCUT2D eigenvalue weighted by atomic mass is 32.2. The van der Waals surface area contributed by atoms with Crippen LogP contribution in [0.15, 0.2) is 40.7 Å². The smallest absolute Gasteiger partial charge is 0.304 e. The molecule has 1 atom stereocenters. The summed E-state index contributed by atoms with van der Waals surface area (Å²) in [6, 6.07) is 10.4. The highest BCUT2D eigenvalue weighted by Crippen LogP contribution is 2.40. The largest absolute Gasteiger partial charge is 0.481 e. The fourth-order valence-corrected chi connectivity index (χ4v) is 7.93. The van der Waals surface area contributed by atoms with E-state index in [0.717, 1.165) is 29.4 Å². The number of thiazole rings is 1. The van der Waals surface area contributed by atoms with Crippen LogP contribution in [0.2, 0.25) is 0 Å². The Balaban J connectivity index is 1.24. The number of aromatic nitrogens is 1. The molecule has 38 heavy (non-hydrogen) atoms. The summed E-state index contributed by atoms with van der Waals surface area (Å²) in [5, 5.41) is 12.4. The molecule has 6 nitrogen and oxygen atoms in total. The van der Waals surface area contributed by atoms with E-state index in [9.17, 15) is 9.59 Å². The number of anilines is 1. The van der Waals surface area contributed by atoms with Crippen molar-refractivity contribution in [1.29, 1.82) is 0 Å². The molecule has 208 valence electrons. The van der Waals surface area contributed by atoms with E-state index in [2.05, 4.69) is 34.6 Å². The summed E-state index contributed by atoms with van der Waals surface area (Å²) in [6.07, 6.45) is 16.3. The Labute approximate surface area is 235 Å². The van der Waals surface area contributed by atoms with Crippen molar-refractivity contribution in [3.05, 3.63) is 42.1 Å². The van der Waals surface area contributed by atoms with Crippen LogP contribution in [0.5, 0.6) is 0 Å². The molecule has 2 N–H and O–H groups in total. The number of nitrogens with zero attached hydrogens (tertiary/aromatic N) is 1. The van der Waals surface area contributed by atoms with Crippen LogP contribution in [0.4, 0.5) is 5.13 Å². The van der Waals surface area contributed by atoms with Crippen LogP contribution in [0.3, 0.4) is 0 Å². The maximum atomic E-state index is 12.8. The second-order valence-corrected chi connectivity index (χ2v) is 13.3. The Morgan fingerprint density at radius 3 is 2.55 bits per heavy atom. The van der Waals surface area contributed by atoms with Gasteiger partial charge in [0.15, 0.2) is 5.13 Å². The molecule has 2 aliphatic rings. The van der Waals surface area contributed by atoms with Crippen molar-refractivity contribution >= 4 is 40.1 Å². The Morgan fingerprint density at radius 1 is 1.05 bits per heavy atom. The number of carboxylic acids is 1. The first-order valence-corrected chi connectivity index (χ1v) is 16.1. The van der Waals surface area contributed by atoms with Gasteiger partial charge in [-0.25, -0.2) is 4.98 Å². The molecule has 1 unspecified atom stereocenters. The zero-order chi connectivity index (χ0) is 26.6. The summed E-state index contributed by atoms with van der Waals surface area (Å²) in [4.78, 5) is 27.9. The van der Waals surface area contributed by atoms with Crippen molar-refractivity contribution in [2.75, 3.05) is 11.1 Å². The van der Waals surface area contributed by atoms with Crippen LogP contribution in [-0.4, -0.2) is 33.8 Å². The van der Waals surface area contributed by atoms with Gasteiger partial charge in [0.2, 0.25) is 5.91 Å². The Kier molecular flexibility index (Phi) is 12.0. The molecule has 1 amide bonds. The van der Waals surface area contributed by atoms with Gasteiger partial charge in [-0.1, -0.05) is 73.8 Å². The minimum atomic E-state index is -0.800. The first-order chi connectivity index (χ1) is 18.5. The molecule has 8 heteroatoms. The minimum absolute atomic E-state index is 0.0370. The van der Waals surface area contributed by atoms with Gasteiger partial charge in [-0.05, 0) is 61.8 Å². The van der Waals surface area contributed by atoms with Crippen LogP contribution in [-0.2, 0) is 20.9 Å². The molecule has 0 radical (unpaired) electrons. The third-order valence-electron chi connectivity index (χ3n) is 8.11. The fourth-order valence-electron chi connectivity index (χ4n) is 6.03. The van der Waals surface area contributed by atoms with E-state index in [0.29, 0.717) is 41.9 Å². The van der Waals surface area contributed by atoms with Gasteiger partial charge in [-0.3, -0.25) is 9.59 Å². The maximum absolute atomic E-state index is 12.8. The maximum Gasteiger partial charge on any atom is 0.304 e. The number of carbonyl (C=O) groups excluding carboxylic acids is 1. The number of carbonyl (C=O) groups is 2. The van der Waals surface area contributed by atoms with Gasteiger partial charge in [0.05, 0.1) is 29.5 Å². The zero-order valence-electron chi connectivity index (χ0n) is 22.3. The van der Waals surface area contributed by atoms with E-state index in [-0.39, 0.29) is 12.3 Å². The summed E-state index contributed by atoms with van der Waals surface area (Å²) in [6.45, 7) is 0.693. The highest BCUT2D eigenvalue weighted by molar-refractivity contribution is 8.01. The third-order valence-corrected chi connectivity index (χ3v) is 10.2. The normalized spacial score (nSPS) is 21.2. The summed E-state index contributed by atoms with van der Waals surface area (Å²) in [5.41, 5.74) is 1.24. The van der Waals surface area contributed by atoms with Gasteiger partial charge in [-0.15, -0.1) is 11.8 Å². The summed E-state index contributed by atoms with van der Waals surface area (Å²) >= 11 is 2.89. The van der Waals surface area contributed by atoms with Gasteiger partial charge in [0.25, 0.3) is 0 Å². The van der Waals surface area contributed by atoms with Crippen molar-refractivity contribution in [3.8, 4) is 0 Å². The lowest BCUT2D eigenvalue weighted by atomic mass is 9.71. The van der Waals surface area contributed by atoms with Crippen molar-refractivity contribution in [3.63, 3.8) is 0 Å². The van der Waals surface area contributed by atoms with Gasteiger partial charge >= 0.3 is 5.97 Å². The second kappa shape index (κ2) is 15.6. The monoisotopic (exact) mass is 558 g/mol. The fraction of sp³-hybridized carbons (Fsp3) is 0.633. The van der Waals surface area contributed by atoms with E-state index in [4.69, 9.17) is 9.84 Å². The first kappa shape index (κ1) is 29.1. The molecule has 0 saturated heterocycles. The van der Waals surface area contributed by atoms with Crippen molar-refractivity contribution in [2.45, 2.75) is 100 Å². The molecule has 1 aromatic heterocycles. The summed E-state index contributed by atoms with van der Waals surface area (Å²) in [7, 11) is 0. The number of carboxylic acid groups (broad SMARTS) is 1. The molecule has 1 heterocycles. The van der Waals surface area contributed by atoms with Crippen LogP contribution in [0, 0.1) is 17.8 Å². The van der Waals surface area contributed by atoms with E-state index >= 15 is 0 Å². The number of amides is 1. The van der Waals surface area contributed by atoms with Crippen LogP contribution >= 0.6 is 23.1 Å². The highest BCUT2D eigenvalue weighted by Gasteiger charge is 2.30. The topological polar surface area (TPSA) is 88.5 Å². The lowest BCUT2D eigenvalue weighted by Crippen LogP contribution is -2.28. The van der Waals surface area contributed by atoms with Crippen molar-refractivity contribution in [1.82, 2.24) is 4.98 Å².